The van der Waals surface area contributed by atoms with Crippen LogP contribution in [0.2, 0.25) is 0 Å². The van der Waals surface area contributed by atoms with Gasteiger partial charge in [-0.25, -0.2) is 9.37 Å². The van der Waals surface area contributed by atoms with Crippen molar-refractivity contribution in [3.8, 4) is 0 Å². The summed E-state index contributed by atoms with van der Waals surface area (Å²) in [4.78, 5) is 15.6. The van der Waals surface area contributed by atoms with Crippen LogP contribution < -0.4 is 10.6 Å². The van der Waals surface area contributed by atoms with Crippen molar-refractivity contribution in [3.05, 3.63) is 57.9 Å². The first-order valence-corrected chi connectivity index (χ1v) is 7.57. The predicted molar refractivity (Wildman–Crippen MR) is 84.2 cm³/mol. The standard InChI is InChI=1S/C15H12BrF4N3O/c16-12-7-10(17)2-3-11(12)14(24)22-6-5-21-13-4-1-9(8-23-13)15(18,19)20/h1-4,7-8H,5-6H2,(H,21,23)(H,22,24). The Labute approximate surface area is 143 Å². The normalized spacial score (nSPS) is 11.2. The van der Waals surface area contributed by atoms with E-state index in [2.05, 4.69) is 31.5 Å². The molecule has 0 aliphatic rings. The fourth-order valence-corrected chi connectivity index (χ4v) is 2.33. The first-order valence-electron chi connectivity index (χ1n) is 6.78. The molecule has 1 amide bonds. The average Bonchev–Trinajstić information content (AvgIpc) is 2.51. The van der Waals surface area contributed by atoms with E-state index in [0.717, 1.165) is 12.3 Å². The minimum absolute atomic E-state index is 0.214. The number of aromatic nitrogens is 1. The Morgan fingerprint density at radius 3 is 2.50 bits per heavy atom. The van der Waals surface area contributed by atoms with Gasteiger partial charge in [0.2, 0.25) is 0 Å². The number of hydrogen-bond acceptors (Lipinski definition) is 3. The summed E-state index contributed by atoms with van der Waals surface area (Å²) in [6.45, 7) is 0.480. The summed E-state index contributed by atoms with van der Waals surface area (Å²) in [5.74, 6) is -0.599. The maximum atomic E-state index is 13.0. The summed E-state index contributed by atoms with van der Waals surface area (Å²) in [5, 5.41) is 5.39. The number of nitrogens with zero attached hydrogens (tertiary/aromatic N) is 1. The fourth-order valence-electron chi connectivity index (χ4n) is 1.80. The van der Waals surface area contributed by atoms with Gasteiger partial charge in [0, 0.05) is 23.8 Å². The van der Waals surface area contributed by atoms with Crippen LogP contribution in [-0.2, 0) is 6.18 Å². The highest BCUT2D eigenvalue weighted by Gasteiger charge is 2.30. The van der Waals surface area contributed by atoms with Crippen molar-refractivity contribution >= 4 is 27.7 Å². The molecule has 128 valence electrons. The molecule has 0 bridgehead atoms. The molecule has 24 heavy (non-hydrogen) atoms. The number of hydrogen-bond donors (Lipinski definition) is 2. The summed E-state index contributed by atoms with van der Waals surface area (Å²) >= 11 is 3.10. The van der Waals surface area contributed by atoms with Crippen molar-refractivity contribution in [1.29, 1.82) is 0 Å². The van der Waals surface area contributed by atoms with Crippen molar-refractivity contribution in [2.45, 2.75) is 6.18 Å². The lowest BCUT2D eigenvalue weighted by Crippen LogP contribution is -2.29. The van der Waals surface area contributed by atoms with Gasteiger partial charge in [0.25, 0.3) is 5.91 Å². The summed E-state index contributed by atoms with van der Waals surface area (Å²) in [6, 6.07) is 5.83. The van der Waals surface area contributed by atoms with Gasteiger partial charge in [-0.15, -0.1) is 0 Å². The molecule has 2 aromatic rings. The lowest BCUT2D eigenvalue weighted by Gasteiger charge is -2.10. The molecule has 2 rings (SSSR count). The van der Waals surface area contributed by atoms with Gasteiger partial charge in [-0.2, -0.15) is 13.2 Å². The molecule has 1 aromatic carbocycles. The maximum absolute atomic E-state index is 13.0. The van der Waals surface area contributed by atoms with Crippen LogP contribution in [0.25, 0.3) is 0 Å². The van der Waals surface area contributed by atoms with E-state index in [4.69, 9.17) is 0 Å². The summed E-state index contributed by atoms with van der Waals surface area (Å²) < 4.78 is 50.5. The molecule has 0 saturated heterocycles. The smallest absolute Gasteiger partial charge is 0.368 e. The molecule has 0 spiro atoms. The number of alkyl halides is 3. The molecule has 0 fully saturated rings. The van der Waals surface area contributed by atoms with E-state index in [-0.39, 0.29) is 24.5 Å². The number of carbonyl (C=O) groups is 1. The lowest BCUT2D eigenvalue weighted by molar-refractivity contribution is -0.137. The minimum atomic E-state index is -4.43. The highest BCUT2D eigenvalue weighted by molar-refractivity contribution is 9.10. The Hall–Kier alpha value is -2.16. The van der Waals surface area contributed by atoms with Gasteiger partial charge in [-0.1, -0.05) is 0 Å². The van der Waals surface area contributed by atoms with E-state index in [1.54, 1.807) is 0 Å². The van der Waals surface area contributed by atoms with Crippen molar-refractivity contribution in [1.82, 2.24) is 10.3 Å². The van der Waals surface area contributed by atoms with Crippen LogP contribution in [0.1, 0.15) is 15.9 Å². The van der Waals surface area contributed by atoms with Crippen LogP contribution in [-0.4, -0.2) is 24.0 Å². The SMILES string of the molecule is O=C(NCCNc1ccc(C(F)(F)F)cn1)c1ccc(F)cc1Br. The topological polar surface area (TPSA) is 54.0 Å². The number of anilines is 1. The first kappa shape index (κ1) is 18.2. The van der Waals surface area contributed by atoms with Gasteiger partial charge in [0.15, 0.2) is 0 Å². The second-order valence-electron chi connectivity index (χ2n) is 4.74. The summed E-state index contributed by atoms with van der Waals surface area (Å²) in [5.41, 5.74) is -0.549. The third kappa shape index (κ3) is 4.92. The number of rotatable bonds is 5. The van der Waals surface area contributed by atoms with Gasteiger partial charge >= 0.3 is 6.18 Å². The van der Waals surface area contributed by atoms with Gasteiger partial charge in [0.1, 0.15) is 11.6 Å². The number of benzene rings is 1. The van der Waals surface area contributed by atoms with E-state index in [9.17, 15) is 22.4 Å². The highest BCUT2D eigenvalue weighted by atomic mass is 79.9. The van der Waals surface area contributed by atoms with Crippen molar-refractivity contribution in [2.24, 2.45) is 0 Å². The molecule has 0 radical (unpaired) electrons. The zero-order valence-electron chi connectivity index (χ0n) is 12.1. The van der Waals surface area contributed by atoms with Gasteiger partial charge in [-0.3, -0.25) is 4.79 Å². The van der Waals surface area contributed by atoms with Crippen LogP contribution in [0, 0.1) is 5.82 Å². The molecular formula is C15H12BrF4N3O. The Balaban J connectivity index is 1.81. The molecule has 9 heteroatoms. The van der Waals surface area contributed by atoms with E-state index < -0.39 is 23.5 Å². The quantitative estimate of drug-likeness (QED) is 0.586. The largest absolute Gasteiger partial charge is 0.417 e. The lowest BCUT2D eigenvalue weighted by atomic mass is 10.2. The number of nitrogens with one attached hydrogen (secondary N) is 2. The fraction of sp³-hybridized carbons (Fsp3) is 0.200. The number of carbonyl (C=O) groups excluding carboxylic acids is 1. The molecule has 1 heterocycles. The average molecular weight is 406 g/mol. The van der Waals surface area contributed by atoms with Crippen LogP contribution in [0.5, 0.6) is 0 Å². The van der Waals surface area contributed by atoms with E-state index in [1.165, 1.54) is 24.3 Å². The number of pyridine rings is 1. The van der Waals surface area contributed by atoms with E-state index in [0.29, 0.717) is 4.47 Å². The third-order valence-electron chi connectivity index (χ3n) is 2.98. The third-order valence-corrected chi connectivity index (χ3v) is 3.64. The molecular weight excluding hydrogens is 394 g/mol. The minimum Gasteiger partial charge on any atom is -0.368 e. The van der Waals surface area contributed by atoms with Crippen LogP contribution >= 0.6 is 15.9 Å². The zero-order chi connectivity index (χ0) is 17.7. The summed E-state index contributed by atoms with van der Waals surface area (Å²) in [6.07, 6.45) is -3.70. The van der Waals surface area contributed by atoms with Crippen LogP contribution in [0.15, 0.2) is 41.0 Å². The molecule has 0 saturated carbocycles. The predicted octanol–water partition coefficient (Wildman–Crippen LogP) is 3.84. The highest BCUT2D eigenvalue weighted by Crippen LogP contribution is 2.28. The van der Waals surface area contributed by atoms with Crippen molar-refractivity contribution < 1.29 is 22.4 Å². The molecule has 2 N–H and O–H groups in total. The van der Waals surface area contributed by atoms with E-state index in [1.807, 2.05) is 0 Å². The van der Waals surface area contributed by atoms with E-state index >= 15 is 0 Å². The monoisotopic (exact) mass is 405 g/mol. The zero-order valence-corrected chi connectivity index (χ0v) is 13.7. The Kier molecular flexibility index (Phi) is 5.76. The Bertz CT molecular complexity index is 720. The maximum Gasteiger partial charge on any atom is 0.417 e. The van der Waals surface area contributed by atoms with Crippen molar-refractivity contribution in [2.75, 3.05) is 18.4 Å². The second-order valence-corrected chi connectivity index (χ2v) is 5.59. The Morgan fingerprint density at radius 1 is 1.17 bits per heavy atom. The summed E-state index contributed by atoms with van der Waals surface area (Å²) in [7, 11) is 0. The number of amides is 1. The molecule has 0 atom stereocenters. The van der Waals surface area contributed by atoms with Gasteiger partial charge in [0.05, 0.1) is 11.1 Å². The first-order chi connectivity index (χ1) is 11.3. The second kappa shape index (κ2) is 7.61. The van der Waals surface area contributed by atoms with Gasteiger partial charge in [-0.05, 0) is 46.3 Å². The van der Waals surface area contributed by atoms with Crippen molar-refractivity contribution in [3.63, 3.8) is 0 Å². The molecule has 1 aromatic heterocycles. The van der Waals surface area contributed by atoms with Crippen LogP contribution in [0.3, 0.4) is 0 Å². The molecule has 0 aliphatic carbocycles. The van der Waals surface area contributed by atoms with Crippen LogP contribution in [0.4, 0.5) is 23.4 Å². The Morgan fingerprint density at radius 2 is 1.92 bits per heavy atom. The molecule has 0 aliphatic heterocycles. The molecule has 0 unspecified atom stereocenters. The van der Waals surface area contributed by atoms with Gasteiger partial charge < -0.3 is 10.6 Å². The number of halogens is 5. The molecule has 4 nitrogen and oxygen atoms in total.